The highest BCUT2D eigenvalue weighted by molar-refractivity contribution is 5.80. The van der Waals surface area contributed by atoms with Crippen LogP contribution in [0.5, 0.6) is 0 Å². The van der Waals surface area contributed by atoms with Crippen molar-refractivity contribution in [2.24, 2.45) is 5.92 Å². The number of fused-ring (bicyclic) bond motifs is 2. The second kappa shape index (κ2) is 7.68. The molecular formula is C25H30N4O2. The van der Waals surface area contributed by atoms with Gasteiger partial charge in [0.2, 0.25) is 5.71 Å². The molecular weight excluding hydrogens is 388 g/mol. The van der Waals surface area contributed by atoms with Crippen LogP contribution in [-0.4, -0.2) is 53.5 Å². The summed E-state index contributed by atoms with van der Waals surface area (Å²) in [6.07, 6.45) is 9.64. The van der Waals surface area contributed by atoms with E-state index in [9.17, 15) is 4.79 Å². The van der Waals surface area contributed by atoms with E-state index in [1.807, 2.05) is 18.2 Å². The van der Waals surface area contributed by atoms with Gasteiger partial charge >= 0.3 is 5.63 Å². The number of aromatic nitrogens is 1. The van der Waals surface area contributed by atoms with Crippen LogP contribution in [-0.2, 0) is 0 Å². The van der Waals surface area contributed by atoms with E-state index in [0.717, 1.165) is 42.8 Å². The molecule has 0 saturated carbocycles. The second-order valence-electron chi connectivity index (χ2n) is 9.25. The van der Waals surface area contributed by atoms with Gasteiger partial charge in [0.25, 0.3) is 0 Å². The van der Waals surface area contributed by atoms with Gasteiger partial charge < -0.3 is 19.1 Å². The first-order valence-corrected chi connectivity index (χ1v) is 11.2. The fourth-order valence-corrected chi connectivity index (χ4v) is 4.81. The fourth-order valence-electron chi connectivity index (χ4n) is 4.81. The minimum absolute atomic E-state index is 0.275. The van der Waals surface area contributed by atoms with Gasteiger partial charge in [0.05, 0.1) is 11.6 Å². The van der Waals surface area contributed by atoms with Gasteiger partial charge in [0.15, 0.2) is 0 Å². The van der Waals surface area contributed by atoms with Gasteiger partial charge in [0, 0.05) is 43.5 Å². The van der Waals surface area contributed by atoms with E-state index in [0.29, 0.717) is 23.4 Å². The van der Waals surface area contributed by atoms with Crippen molar-refractivity contribution in [3.05, 3.63) is 64.3 Å². The lowest BCUT2D eigenvalue weighted by molar-refractivity contribution is 0.233. The SMILES string of the molecule is CC1=CN2C=C(c3cc4ccc(N5CCN(C)C(C)C5)nc4oc3=O)C(C)CC2C=C1. The van der Waals surface area contributed by atoms with Crippen molar-refractivity contribution in [2.45, 2.75) is 39.3 Å². The molecule has 162 valence electrons. The Labute approximate surface area is 183 Å². The zero-order chi connectivity index (χ0) is 21.7. The minimum atomic E-state index is -0.311. The first kappa shape index (κ1) is 20.1. The maximum atomic E-state index is 13.0. The van der Waals surface area contributed by atoms with E-state index < -0.39 is 0 Å². The predicted molar refractivity (Wildman–Crippen MR) is 125 cm³/mol. The zero-order valence-electron chi connectivity index (χ0n) is 18.7. The summed E-state index contributed by atoms with van der Waals surface area (Å²) in [4.78, 5) is 24.5. The lowest BCUT2D eigenvalue weighted by Crippen LogP contribution is -2.50. The predicted octanol–water partition coefficient (Wildman–Crippen LogP) is 3.85. The Morgan fingerprint density at radius 2 is 2.00 bits per heavy atom. The molecule has 0 aromatic carbocycles. The molecule has 5 rings (SSSR count). The Morgan fingerprint density at radius 3 is 2.81 bits per heavy atom. The summed E-state index contributed by atoms with van der Waals surface area (Å²) in [6, 6.07) is 6.83. The molecule has 5 heterocycles. The van der Waals surface area contributed by atoms with Crippen LogP contribution in [0.1, 0.15) is 32.8 Å². The number of pyridine rings is 1. The van der Waals surface area contributed by atoms with Crippen LogP contribution in [0.2, 0.25) is 0 Å². The van der Waals surface area contributed by atoms with E-state index >= 15 is 0 Å². The smallest absolute Gasteiger partial charge is 0.345 e. The lowest BCUT2D eigenvalue weighted by atomic mass is 9.85. The van der Waals surface area contributed by atoms with Gasteiger partial charge in [-0.25, -0.2) is 4.79 Å². The van der Waals surface area contributed by atoms with E-state index in [2.05, 4.69) is 67.1 Å². The van der Waals surface area contributed by atoms with Crippen LogP contribution < -0.4 is 10.5 Å². The maximum absolute atomic E-state index is 13.0. The average Bonchev–Trinajstić information content (AvgIpc) is 2.75. The maximum Gasteiger partial charge on any atom is 0.345 e. The summed E-state index contributed by atoms with van der Waals surface area (Å²) in [6.45, 7) is 9.33. The molecule has 0 radical (unpaired) electrons. The summed E-state index contributed by atoms with van der Waals surface area (Å²) in [5.74, 6) is 1.15. The van der Waals surface area contributed by atoms with Crippen LogP contribution in [0.25, 0.3) is 16.7 Å². The molecule has 3 aliphatic rings. The molecule has 3 aliphatic heterocycles. The normalized spacial score (nSPS) is 26.6. The van der Waals surface area contributed by atoms with Crippen LogP contribution in [0.3, 0.4) is 0 Å². The number of anilines is 1. The highest BCUT2D eigenvalue weighted by Gasteiger charge is 2.28. The third kappa shape index (κ3) is 3.69. The largest absolute Gasteiger partial charge is 0.403 e. The van der Waals surface area contributed by atoms with Crippen molar-refractivity contribution < 1.29 is 4.42 Å². The summed E-state index contributed by atoms with van der Waals surface area (Å²) in [7, 11) is 2.15. The average molecular weight is 419 g/mol. The molecule has 3 atom stereocenters. The summed E-state index contributed by atoms with van der Waals surface area (Å²) < 4.78 is 5.74. The van der Waals surface area contributed by atoms with Crippen molar-refractivity contribution in [1.82, 2.24) is 14.8 Å². The molecule has 1 saturated heterocycles. The van der Waals surface area contributed by atoms with Crippen molar-refractivity contribution in [2.75, 3.05) is 31.6 Å². The number of piperazine rings is 1. The fraction of sp³-hybridized carbons (Fsp3) is 0.440. The number of hydrogen-bond acceptors (Lipinski definition) is 6. The number of likely N-dealkylation sites (N-methyl/N-ethyl adjacent to an activating group) is 1. The monoisotopic (exact) mass is 418 g/mol. The Kier molecular flexibility index (Phi) is 4.97. The molecule has 0 spiro atoms. The first-order chi connectivity index (χ1) is 14.9. The number of hydrogen-bond donors (Lipinski definition) is 0. The van der Waals surface area contributed by atoms with Crippen molar-refractivity contribution in [3.8, 4) is 0 Å². The molecule has 0 N–H and O–H groups in total. The summed E-state index contributed by atoms with van der Waals surface area (Å²) >= 11 is 0. The Bertz CT molecular complexity index is 1160. The lowest BCUT2D eigenvalue weighted by Gasteiger charge is -2.38. The quantitative estimate of drug-likeness (QED) is 0.738. The molecule has 6 nitrogen and oxygen atoms in total. The highest BCUT2D eigenvalue weighted by Crippen LogP contribution is 2.35. The molecule has 1 fully saturated rings. The van der Waals surface area contributed by atoms with Crippen LogP contribution in [0.15, 0.2) is 57.5 Å². The molecule has 0 aliphatic carbocycles. The number of rotatable bonds is 2. The van der Waals surface area contributed by atoms with Gasteiger partial charge in [-0.3, -0.25) is 0 Å². The van der Waals surface area contributed by atoms with E-state index in [1.165, 1.54) is 5.57 Å². The highest BCUT2D eigenvalue weighted by atomic mass is 16.4. The molecule has 6 heteroatoms. The second-order valence-corrected chi connectivity index (χ2v) is 9.25. The van der Waals surface area contributed by atoms with Crippen molar-refractivity contribution in [1.29, 1.82) is 0 Å². The van der Waals surface area contributed by atoms with Gasteiger partial charge in [-0.15, -0.1) is 0 Å². The summed E-state index contributed by atoms with van der Waals surface area (Å²) in [5.41, 5.74) is 2.98. The summed E-state index contributed by atoms with van der Waals surface area (Å²) in [5, 5.41) is 0.862. The van der Waals surface area contributed by atoms with E-state index in [4.69, 9.17) is 9.40 Å². The third-order valence-corrected chi connectivity index (χ3v) is 6.91. The van der Waals surface area contributed by atoms with Crippen LogP contribution in [0, 0.1) is 5.92 Å². The Hall–Kier alpha value is -2.86. The molecule has 2 aromatic rings. The molecule has 0 bridgehead atoms. The minimum Gasteiger partial charge on any atom is -0.403 e. The Morgan fingerprint density at radius 1 is 1.16 bits per heavy atom. The first-order valence-electron chi connectivity index (χ1n) is 11.2. The number of nitrogens with zero attached hydrogens (tertiary/aromatic N) is 4. The van der Waals surface area contributed by atoms with Gasteiger partial charge in [-0.2, -0.15) is 4.98 Å². The van der Waals surface area contributed by atoms with Crippen LogP contribution >= 0.6 is 0 Å². The Balaban J connectivity index is 1.49. The topological polar surface area (TPSA) is 52.8 Å². The molecule has 31 heavy (non-hydrogen) atoms. The van der Waals surface area contributed by atoms with Gasteiger partial charge in [-0.05, 0) is 62.6 Å². The van der Waals surface area contributed by atoms with Gasteiger partial charge in [0.1, 0.15) is 5.82 Å². The van der Waals surface area contributed by atoms with Gasteiger partial charge in [-0.1, -0.05) is 19.1 Å². The molecule has 0 amide bonds. The third-order valence-electron chi connectivity index (χ3n) is 6.91. The zero-order valence-corrected chi connectivity index (χ0v) is 18.7. The van der Waals surface area contributed by atoms with E-state index in [1.54, 1.807) is 0 Å². The standard InChI is InChI=1S/C25H30N4O2/c1-16-5-7-20-11-17(2)22(15-29(20)13-16)21-12-19-6-8-23(26-24(19)31-25(21)30)28-10-9-27(4)18(3)14-28/h5-8,12-13,15,17-18,20H,9-11,14H2,1-4H3. The van der Waals surface area contributed by atoms with Crippen LogP contribution in [0.4, 0.5) is 5.82 Å². The van der Waals surface area contributed by atoms with E-state index in [-0.39, 0.29) is 11.5 Å². The molecule has 2 aromatic heterocycles. The number of allylic oxidation sites excluding steroid dienone is 3. The van der Waals surface area contributed by atoms with Crippen molar-refractivity contribution >= 4 is 22.5 Å². The van der Waals surface area contributed by atoms with Crippen molar-refractivity contribution in [3.63, 3.8) is 0 Å². The molecule has 3 unspecified atom stereocenters.